The first-order valence-corrected chi connectivity index (χ1v) is 43.7. The normalized spacial score (nSPS) is 19.1. The molecule has 9 rings (SSSR count). The number of aryl methyl sites for hydroxylation is 6. The molecule has 3 saturated heterocycles. The van der Waals surface area contributed by atoms with Crippen LogP contribution in [0.15, 0.2) is 175 Å². The Bertz CT molecular complexity index is 3680. The van der Waals surface area contributed by atoms with Crippen LogP contribution in [-0.4, -0.2) is 293 Å². The van der Waals surface area contributed by atoms with Crippen LogP contribution >= 0.6 is 0 Å². The van der Waals surface area contributed by atoms with E-state index in [9.17, 15) is 50.5 Å². The van der Waals surface area contributed by atoms with E-state index in [0.717, 1.165) is 33.4 Å². The third-order valence-corrected chi connectivity index (χ3v) is 30.5. The van der Waals surface area contributed by atoms with Crippen molar-refractivity contribution in [2.45, 2.75) is 70.9 Å². The molecule has 3 heterocycles. The summed E-state index contributed by atoms with van der Waals surface area (Å²) in [4.78, 5) is 9.00. The van der Waals surface area contributed by atoms with Crippen molar-refractivity contribution >= 4 is 60.1 Å². The van der Waals surface area contributed by atoms with Gasteiger partial charge in [0, 0.05) is 157 Å². The fourth-order valence-electron chi connectivity index (χ4n) is 12.3. The summed E-state index contributed by atoms with van der Waals surface area (Å²) in [6.07, 6.45) is 0. The fraction of sp³-hybridized carbons (Fsp3) is 0.500. The SMILES string of the molecule is Cc1ccc(S(=O)(=O)N2CCOCCN(S(=O)(=O)c3ccc(C)cc3)CCN(CCN(CCN3CCN(S(=O)(=O)c4ccc(C)cc4)CCOCCN(S(=O)(=O)c4ccc(C)cc4)CC3)CCN3CCN(S(=O)(=O)c4ccc(C)cc4)CCOCCN(S(=O)(=O)c4ccc(C)cc4)CC3)CC2)cc1. The third kappa shape index (κ3) is 22.5. The molecule has 0 N–H and O–H groups in total. The van der Waals surface area contributed by atoms with Gasteiger partial charge in [-0.15, -0.1) is 0 Å². The molecule has 0 bridgehead atoms. The Morgan fingerprint density at radius 2 is 0.379 bits per heavy atom. The minimum Gasteiger partial charge on any atom is -0.379 e. The second kappa shape index (κ2) is 37.4. The van der Waals surface area contributed by atoms with Crippen LogP contribution in [0.4, 0.5) is 0 Å². The molecule has 0 radical (unpaired) electrons. The topological polar surface area (TPSA) is 265 Å². The van der Waals surface area contributed by atoms with Crippen LogP contribution in [0, 0.1) is 41.5 Å². The van der Waals surface area contributed by atoms with Crippen molar-refractivity contribution in [3.63, 3.8) is 0 Å². The summed E-state index contributed by atoms with van der Waals surface area (Å²) in [5.41, 5.74) is 5.31. The zero-order chi connectivity index (χ0) is 74.0. The largest absolute Gasteiger partial charge is 0.379 e. The first-order valence-electron chi connectivity index (χ1n) is 35.1. The fourth-order valence-corrected chi connectivity index (χ4v) is 20.8. The predicted octanol–water partition coefficient (Wildman–Crippen LogP) is 5.28. The number of nitrogens with zero attached hydrogens (tertiary/aromatic N) is 10. The van der Waals surface area contributed by atoms with E-state index < -0.39 is 60.1 Å². The van der Waals surface area contributed by atoms with Gasteiger partial charge in [-0.2, -0.15) is 25.8 Å². The minimum atomic E-state index is -4.07. The average molecular weight is 1540 g/mol. The zero-order valence-corrected chi connectivity index (χ0v) is 65.0. The van der Waals surface area contributed by atoms with E-state index in [0.29, 0.717) is 19.6 Å². The van der Waals surface area contributed by atoms with E-state index in [2.05, 4.69) is 4.90 Å². The molecular weight excluding hydrogens is 1440 g/mol. The summed E-state index contributed by atoms with van der Waals surface area (Å²) in [6, 6.07) is 39.8. The molecule has 0 amide bonds. The molecule has 0 unspecified atom stereocenters. The molecule has 31 heteroatoms. The number of rotatable bonds is 21. The van der Waals surface area contributed by atoms with Gasteiger partial charge in [-0.3, -0.25) is 19.6 Å². The Morgan fingerprint density at radius 3 is 0.524 bits per heavy atom. The van der Waals surface area contributed by atoms with Crippen LogP contribution in [-0.2, 0) is 74.4 Å². The van der Waals surface area contributed by atoms with Gasteiger partial charge < -0.3 is 14.2 Å². The van der Waals surface area contributed by atoms with Crippen LogP contribution in [0.3, 0.4) is 0 Å². The molecule has 0 spiro atoms. The smallest absolute Gasteiger partial charge is 0.243 e. The van der Waals surface area contributed by atoms with Crippen LogP contribution < -0.4 is 0 Å². The Morgan fingerprint density at radius 1 is 0.233 bits per heavy atom. The summed E-state index contributed by atoms with van der Waals surface area (Å²) in [5.74, 6) is 0. The van der Waals surface area contributed by atoms with Crippen LogP contribution in [0.2, 0.25) is 0 Å². The summed E-state index contributed by atoms with van der Waals surface area (Å²) >= 11 is 0. The highest BCUT2D eigenvalue weighted by Crippen LogP contribution is 2.25. The van der Waals surface area contributed by atoms with Gasteiger partial charge >= 0.3 is 0 Å². The number of benzene rings is 6. The van der Waals surface area contributed by atoms with Crippen LogP contribution in [0.25, 0.3) is 0 Å². The summed E-state index contributed by atoms with van der Waals surface area (Å²) in [6.45, 7) is 13.8. The average Bonchev–Trinajstić information content (AvgIpc) is 0.853. The number of hydrogen-bond acceptors (Lipinski definition) is 19. The molecule has 6 aromatic rings. The van der Waals surface area contributed by atoms with E-state index in [1.54, 1.807) is 146 Å². The molecule has 0 aromatic heterocycles. The molecule has 3 aliphatic rings. The van der Waals surface area contributed by atoms with Gasteiger partial charge in [0.1, 0.15) is 0 Å². The molecule has 6 aromatic carbocycles. The molecule has 3 aliphatic heterocycles. The summed E-state index contributed by atoms with van der Waals surface area (Å²) in [5, 5.41) is 0. The van der Waals surface area contributed by atoms with Crippen molar-refractivity contribution in [2.75, 3.05) is 197 Å². The van der Waals surface area contributed by atoms with Crippen molar-refractivity contribution in [2.24, 2.45) is 0 Å². The monoisotopic (exact) mass is 1540 g/mol. The predicted molar refractivity (Wildman–Crippen MR) is 398 cm³/mol. The van der Waals surface area contributed by atoms with Crippen LogP contribution in [0.5, 0.6) is 0 Å². The second-order valence-electron chi connectivity index (χ2n) is 26.5. The molecule has 0 atom stereocenters. The van der Waals surface area contributed by atoms with E-state index in [1.165, 1.54) is 25.8 Å². The third-order valence-electron chi connectivity index (χ3n) is 19.1. The molecule has 0 saturated carbocycles. The van der Waals surface area contributed by atoms with Gasteiger partial charge in [0.25, 0.3) is 0 Å². The lowest BCUT2D eigenvalue weighted by molar-refractivity contribution is 0.0935. The quantitative estimate of drug-likeness (QED) is 0.0887. The van der Waals surface area contributed by atoms with Gasteiger partial charge in [0.2, 0.25) is 60.1 Å². The number of sulfonamides is 6. The Hall–Kier alpha value is -5.50. The second-order valence-corrected chi connectivity index (χ2v) is 38.1. The first kappa shape index (κ1) is 81.6. The Balaban J connectivity index is 1.08. The molecular formula is C72H102N10O15S6. The van der Waals surface area contributed by atoms with E-state index in [1.807, 2.05) is 56.2 Å². The van der Waals surface area contributed by atoms with Crippen molar-refractivity contribution in [1.82, 2.24) is 45.4 Å². The van der Waals surface area contributed by atoms with Crippen molar-refractivity contribution in [3.05, 3.63) is 179 Å². The summed E-state index contributed by atoms with van der Waals surface area (Å²) in [7, 11) is -24.4. The van der Waals surface area contributed by atoms with Gasteiger partial charge in [-0.25, -0.2) is 50.5 Å². The highest BCUT2D eigenvalue weighted by Gasteiger charge is 2.34. The maximum atomic E-state index is 14.6. The van der Waals surface area contributed by atoms with Crippen molar-refractivity contribution in [3.8, 4) is 0 Å². The highest BCUT2D eigenvalue weighted by atomic mass is 32.2. The van der Waals surface area contributed by atoms with E-state index >= 15 is 0 Å². The lowest BCUT2D eigenvalue weighted by Gasteiger charge is -2.35. The van der Waals surface area contributed by atoms with Gasteiger partial charge in [-0.1, -0.05) is 106 Å². The van der Waals surface area contributed by atoms with E-state index in [-0.39, 0.29) is 206 Å². The lowest BCUT2D eigenvalue weighted by Crippen LogP contribution is -2.50. The standard InChI is InChI=1S/C72H102N10O15S6/c1-61-7-19-67(20-8-61)98(83,84)77-43-37-74(38-44-78(50-56-95-55-49-77)99(85,86)68-21-9-62(2)10-22-68)34-31-73(32-35-75-39-45-79(100(87,88)69-23-11-63(3)12-24-69)51-57-96-58-52-80(46-40-75)101(89,90)70-25-13-64(4)14-26-70)33-36-76-41-47-81(102(91,92)71-27-15-65(5)16-28-71)53-59-97-60-54-82(48-42-76)103(93,94)72-29-17-66(6)18-30-72/h7-30H,31-60H2,1-6H3. The first-order chi connectivity index (χ1) is 49.0. The van der Waals surface area contributed by atoms with Gasteiger partial charge in [0.05, 0.1) is 69.0 Å². The lowest BCUT2D eigenvalue weighted by atomic mass is 10.2. The van der Waals surface area contributed by atoms with Gasteiger partial charge in [-0.05, 0) is 114 Å². The molecule has 25 nitrogen and oxygen atoms in total. The maximum Gasteiger partial charge on any atom is 0.243 e. The molecule has 566 valence electrons. The van der Waals surface area contributed by atoms with Crippen molar-refractivity contribution < 1.29 is 64.7 Å². The van der Waals surface area contributed by atoms with E-state index in [4.69, 9.17) is 14.2 Å². The minimum absolute atomic E-state index is 0.00982. The molecule has 3 fully saturated rings. The number of ether oxygens (including phenoxy) is 3. The Labute approximate surface area is 612 Å². The zero-order valence-electron chi connectivity index (χ0n) is 60.1. The highest BCUT2D eigenvalue weighted by molar-refractivity contribution is 7.90. The molecule has 103 heavy (non-hydrogen) atoms. The van der Waals surface area contributed by atoms with Crippen LogP contribution in [0.1, 0.15) is 33.4 Å². The summed E-state index contributed by atoms with van der Waals surface area (Å²) < 4.78 is 202. The van der Waals surface area contributed by atoms with Gasteiger partial charge in [0.15, 0.2) is 0 Å². The number of hydrogen-bond donors (Lipinski definition) is 0. The molecule has 0 aliphatic carbocycles. The maximum absolute atomic E-state index is 14.6. The van der Waals surface area contributed by atoms with Crippen molar-refractivity contribution in [1.29, 1.82) is 0 Å². The Kier molecular flexibility index (Phi) is 29.6.